The topological polar surface area (TPSA) is 0 Å². The van der Waals surface area contributed by atoms with E-state index >= 15 is 0 Å². The van der Waals surface area contributed by atoms with Gasteiger partial charge in [-0.1, -0.05) is 48.6 Å². The van der Waals surface area contributed by atoms with Crippen molar-refractivity contribution in [1.82, 2.24) is 0 Å². The van der Waals surface area contributed by atoms with Crippen LogP contribution in [0.4, 0.5) is 0 Å². The summed E-state index contributed by atoms with van der Waals surface area (Å²) in [6.07, 6.45) is 21.5. The lowest BCUT2D eigenvalue weighted by Gasteiger charge is -2.20. The first-order valence-electron chi connectivity index (χ1n) is 5.59. The van der Waals surface area contributed by atoms with Crippen LogP contribution in [-0.4, -0.2) is 0 Å². The molecule has 0 aromatic carbocycles. The lowest BCUT2D eigenvalue weighted by Crippen LogP contribution is -2.14. The van der Waals surface area contributed by atoms with Gasteiger partial charge in [-0.15, -0.1) is 0 Å². The third kappa shape index (κ3) is 0.563. The van der Waals surface area contributed by atoms with Crippen LogP contribution in [-0.2, 0) is 0 Å². The average molecular weight is 182 g/mol. The lowest BCUT2D eigenvalue weighted by molar-refractivity contribution is 0.461. The Kier molecular flexibility index (Phi) is 1.03. The second-order valence-electron chi connectivity index (χ2n) is 5.19. The average Bonchev–Trinajstić information content (AvgIpc) is 2.74. The van der Waals surface area contributed by atoms with Crippen LogP contribution < -0.4 is 0 Å². The smallest absolute Gasteiger partial charge is 0.00537 e. The molecule has 0 aromatic rings. The number of hydrogen-bond acceptors (Lipinski definition) is 0. The molecule has 2 spiro atoms. The molecule has 0 N–H and O–H groups in total. The summed E-state index contributed by atoms with van der Waals surface area (Å²) >= 11 is 0. The molecule has 0 aromatic heterocycles. The monoisotopic (exact) mass is 182 g/mol. The van der Waals surface area contributed by atoms with Gasteiger partial charge >= 0.3 is 0 Å². The quantitative estimate of drug-likeness (QED) is 0.539. The molecule has 0 nitrogen and oxygen atoms in total. The minimum absolute atomic E-state index is 0.522. The van der Waals surface area contributed by atoms with E-state index in [9.17, 15) is 0 Å². The Morgan fingerprint density at radius 2 is 1.36 bits per heavy atom. The van der Waals surface area contributed by atoms with Crippen LogP contribution >= 0.6 is 0 Å². The molecule has 0 heterocycles. The molecule has 0 bridgehead atoms. The predicted molar refractivity (Wildman–Crippen MR) is 57.6 cm³/mol. The van der Waals surface area contributed by atoms with Gasteiger partial charge in [0.05, 0.1) is 0 Å². The van der Waals surface area contributed by atoms with Crippen LogP contribution in [0.5, 0.6) is 0 Å². The zero-order chi connectivity index (χ0) is 9.23. The van der Waals surface area contributed by atoms with Gasteiger partial charge in [0.1, 0.15) is 0 Å². The summed E-state index contributed by atoms with van der Waals surface area (Å²) < 4.78 is 0. The first-order chi connectivity index (χ1) is 6.87. The van der Waals surface area contributed by atoms with Crippen molar-refractivity contribution < 1.29 is 0 Å². The highest BCUT2D eigenvalue weighted by Gasteiger charge is 2.74. The van der Waals surface area contributed by atoms with Crippen LogP contribution in [0, 0.1) is 22.7 Å². The minimum atomic E-state index is 0.522. The third-order valence-electron chi connectivity index (χ3n) is 4.85. The molecule has 70 valence electrons. The number of hydrogen-bond donors (Lipinski definition) is 0. The summed E-state index contributed by atoms with van der Waals surface area (Å²) in [5.74, 6) is 1.62. The molecule has 0 aliphatic heterocycles. The van der Waals surface area contributed by atoms with Crippen LogP contribution in [0.2, 0.25) is 0 Å². The zero-order valence-electron chi connectivity index (χ0n) is 8.19. The second-order valence-corrected chi connectivity index (χ2v) is 5.19. The van der Waals surface area contributed by atoms with Gasteiger partial charge in [0.2, 0.25) is 0 Å². The number of allylic oxidation sites excluding steroid dienone is 8. The first kappa shape index (κ1) is 7.28. The molecule has 4 rings (SSSR count). The molecular weight excluding hydrogens is 168 g/mol. The van der Waals surface area contributed by atoms with Gasteiger partial charge in [0.25, 0.3) is 0 Å². The summed E-state index contributed by atoms with van der Waals surface area (Å²) in [6, 6.07) is 0. The largest absolute Gasteiger partial charge is 0.0805 e. The number of rotatable bonds is 0. The summed E-state index contributed by atoms with van der Waals surface area (Å²) in [7, 11) is 0. The fraction of sp³-hybridized carbons (Fsp3) is 0.429. The molecule has 0 saturated heterocycles. The maximum absolute atomic E-state index is 2.47. The van der Waals surface area contributed by atoms with E-state index in [0.717, 1.165) is 11.8 Å². The van der Waals surface area contributed by atoms with E-state index in [2.05, 4.69) is 48.6 Å². The van der Waals surface area contributed by atoms with Crippen molar-refractivity contribution in [3.05, 3.63) is 48.6 Å². The van der Waals surface area contributed by atoms with E-state index in [-0.39, 0.29) is 0 Å². The fourth-order valence-electron chi connectivity index (χ4n) is 4.11. The van der Waals surface area contributed by atoms with Gasteiger partial charge in [-0.25, -0.2) is 0 Å². The van der Waals surface area contributed by atoms with Crippen LogP contribution in [0.1, 0.15) is 12.8 Å². The highest BCUT2D eigenvalue weighted by molar-refractivity contribution is 5.45. The Hall–Kier alpha value is -1.04. The Morgan fingerprint density at radius 1 is 0.786 bits per heavy atom. The molecule has 4 atom stereocenters. The summed E-state index contributed by atoms with van der Waals surface area (Å²) in [5.41, 5.74) is 1.04. The van der Waals surface area contributed by atoms with Crippen LogP contribution in [0.15, 0.2) is 48.6 Å². The SMILES string of the molecule is C1=CC2CC3C=CC=C[C@]34CC24C=C1. The molecular formula is C14H14. The maximum Gasteiger partial charge on any atom is 0.00537 e. The fourth-order valence-corrected chi connectivity index (χ4v) is 4.11. The minimum Gasteiger partial charge on any atom is -0.0805 e. The normalized spacial score (nSPS) is 55.4. The zero-order valence-corrected chi connectivity index (χ0v) is 8.19. The summed E-state index contributed by atoms with van der Waals surface area (Å²) in [4.78, 5) is 0. The second kappa shape index (κ2) is 1.98. The Bertz CT molecular complexity index is 372. The van der Waals surface area contributed by atoms with Crippen molar-refractivity contribution in [2.24, 2.45) is 22.7 Å². The van der Waals surface area contributed by atoms with Crippen molar-refractivity contribution >= 4 is 0 Å². The molecule has 0 radical (unpaired) electrons. The van der Waals surface area contributed by atoms with Gasteiger partial charge in [-0.05, 0) is 24.7 Å². The van der Waals surface area contributed by atoms with Crippen molar-refractivity contribution in [2.45, 2.75) is 12.8 Å². The lowest BCUT2D eigenvalue weighted by atomic mass is 9.83. The van der Waals surface area contributed by atoms with Crippen molar-refractivity contribution in [3.8, 4) is 0 Å². The van der Waals surface area contributed by atoms with E-state index in [4.69, 9.17) is 0 Å². The van der Waals surface area contributed by atoms with Crippen molar-refractivity contribution in [2.75, 3.05) is 0 Å². The van der Waals surface area contributed by atoms with E-state index < -0.39 is 0 Å². The molecule has 2 saturated carbocycles. The van der Waals surface area contributed by atoms with Crippen molar-refractivity contribution in [3.63, 3.8) is 0 Å². The Balaban J connectivity index is 1.89. The Morgan fingerprint density at radius 3 is 1.93 bits per heavy atom. The molecule has 4 aliphatic carbocycles. The summed E-state index contributed by atoms with van der Waals surface area (Å²) in [5, 5.41) is 0. The molecule has 3 unspecified atom stereocenters. The van der Waals surface area contributed by atoms with Crippen LogP contribution in [0.25, 0.3) is 0 Å². The maximum atomic E-state index is 2.47. The summed E-state index contributed by atoms with van der Waals surface area (Å²) in [6.45, 7) is 0. The van der Waals surface area contributed by atoms with E-state index in [1.807, 2.05) is 0 Å². The van der Waals surface area contributed by atoms with Gasteiger partial charge in [0.15, 0.2) is 0 Å². The van der Waals surface area contributed by atoms with Gasteiger partial charge < -0.3 is 0 Å². The first-order valence-corrected chi connectivity index (χ1v) is 5.59. The highest BCUT2D eigenvalue weighted by Crippen LogP contribution is 2.80. The molecule has 2 fully saturated rings. The Labute approximate surface area is 84.7 Å². The van der Waals surface area contributed by atoms with Gasteiger partial charge in [-0.2, -0.15) is 0 Å². The predicted octanol–water partition coefficient (Wildman–Crippen LogP) is 3.25. The third-order valence-corrected chi connectivity index (χ3v) is 4.85. The van der Waals surface area contributed by atoms with Gasteiger partial charge in [0, 0.05) is 10.8 Å². The van der Waals surface area contributed by atoms with Crippen LogP contribution in [0.3, 0.4) is 0 Å². The molecule has 4 aliphatic rings. The van der Waals surface area contributed by atoms with E-state index in [1.54, 1.807) is 0 Å². The molecule has 14 heavy (non-hydrogen) atoms. The van der Waals surface area contributed by atoms with Crippen molar-refractivity contribution in [1.29, 1.82) is 0 Å². The molecule has 0 heteroatoms. The van der Waals surface area contributed by atoms with E-state index in [1.165, 1.54) is 12.8 Å². The highest BCUT2D eigenvalue weighted by atomic mass is 14.8. The van der Waals surface area contributed by atoms with Gasteiger partial charge in [-0.3, -0.25) is 0 Å². The van der Waals surface area contributed by atoms with E-state index in [0.29, 0.717) is 10.8 Å². The standard InChI is InChI=1S/C14H14/c1-3-7-13-10-14(13)8-4-2-6-12(14)9-11(13)5-1/h1-8,11-12H,9-10H2/t11?,12?,13-,14?/m0/s1. The molecule has 0 amide bonds.